The standard InChI is InChI=1S/C25H16BrClN4O3/c1-15-11-19(8-9-21(15)27)34-24-20(25(33)31-10-3-2-7-22(31)30-24)12-16(14-28)23(32)29-18-6-4-5-17(26)13-18/h2-13H,1H3,(H,29,32)/b16-12-. The van der Waals surface area contributed by atoms with Crippen LogP contribution in [0.15, 0.2) is 81.7 Å². The van der Waals surface area contributed by atoms with Crippen molar-refractivity contribution >= 4 is 50.8 Å². The summed E-state index contributed by atoms with van der Waals surface area (Å²) in [7, 11) is 0. The summed E-state index contributed by atoms with van der Waals surface area (Å²) in [5, 5.41) is 12.9. The summed E-state index contributed by atoms with van der Waals surface area (Å²) in [6.45, 7) is 1.82. The number of hydrogen-bond donors (Lipinski definition) is 1. The maximum atomic E-state index is 13.3. The van der Waals surface area contributed by atoms with Crippen LogP contribution in [0.4, 0.5) is 5.69 Å². The Kier molecular flexibility index (Phi) is 6.77. The van der Waals surface area contributed by atoms with Gasteiger partial charge in [0.25, 0.3) is 11.5 Å². The third-order valence-corrected chi connectivity index (χ3v) is 5.73. The second kappa shape index (κ2) is 9.91. The van der Waals surface area contributed by atoms with Crippen LogP contribution in [0.1, 0.15) is 11.1 Å². The van der Waals surface area contributed by atoms with Crippen molar-refractivity contribution in [2.45, 2.75) is 6.92 Å². The molecule has 2 aromatic carbocycles. The van der Waals surface area contributed by atoms with Gasteiger partial charge in [-0.3, -0.25) is 14.0 Å². The Bertz CT molecular complexity index is 1560. The van der Waals surface area contributed by atoms with E-state index in [-0.39, 0.29) is 17.0 Å². The van der Waals surface area contributed by atoms with Crippen LogP contribution in [0.2, 0.25) is 5.02 Å². The summed E-state index contributed by atoms with van der Waals surface area (Å²) in [5.74, 6) is -0.312. The molecule has 2 aromatic heterocycles. The van der Waals surface area contributed by atoms with Crippen molar-refractivity contribution in [2.75, 3.05) is 5.32 Å². The van der Waals surface area contributed by atoms with Gasteiger partial charge in [-0.1, -0.05) is 39.7 Å². The number of amides is 1. The fourth-order valence-electron chi connectivity index (χ4n) is 3.13. The van der Waals surface area contributed by atoms with Crippen LogP contribution in [-0.4, -0.2) is 15.3 Å². The third kappa shape index (κ3) is 5.01. The Morgan fingerprint density at radius 3 is 2.76 bits per heavy atom. The molecule has 1 amide bonds. The van der Waals surface area contributed by atoms with Crippen molar-refractivity contribution in [3.63, 3.8) is 0 Å². The first-order valence-electron chi connectivity index (χ1n) is 10.00. The van der Waals surface area contributed by atoms with Gasteiger partial charge in [0.2, 0.25) is 5.88 Å². The number of ether oxygens (including phenoxy) is 1. The van der Waals surface area contributed by atoms with Gasteiger partial charge < -0.3 is 10.1 Å². The molecular weight excluding hydrogens is 520 g/mol. The summed E-state index contributed by atoms with van der Waals surface area (Å²) < 4.78 is 7.99. The highest BCUT2D eigenvalue weighted by Gasteiger charge is 2.18. The molecule has 4 rings (SSSR count). The zero-order valence-corrected chi connectivity index (χ0v) is 20.1. The molecule has 0 bridgehead atoms. The summed E-state index contributed by atoms with van der Waals surface area (Å²) in [4.78, 5) is 30.5. The van der Waals surface area contributed by atoms with Gasteiger partial charge in [0.1, 0.15) is 28.6 Å². The van der Waals surface area contributed by atoms with Gasteiger partial charge >= 0.3 is 0 Å². The lowest BCUT2D eigenvalue weighted by atomic mass is 10.1. The van der Waals surface area contributed by atoms with Gasteiger partial charge in [-0.15, -0.1) is 0 Å². The van der Waals surface area contributed by atoms with Gasteiger partial charge in [0, 0.05) is 21.4 Å². The van der Waals surface area contributed by atoms with Gasteiger partial charge in [-0.05, 0) is 67.1 Å². The number of nitrogens with one attached hydrogen (secondary N) is 1. The van der Waals surface area contributed by atoms with E-state index in [2.05, 4.69) is 26.2 Å². The Labute approximate surface area is 208 Å². The zero-order chi connectivity index (χ0) is 24.2. The SMILES string of the molecule is Cc1cc(Oc2nc3ccccn3c(=O)c2/C=C(/C#N)C(=O)Nc2cccc(Br)c2)ccc1Cl. The number of halogens is 2. The Hall–Kier alpha value is -3.93. The molecule has 0 radical (unpaired) electrons. The second-order valence-electron chi connectivity index (χ2n) is 7.21. The molecule has 0 aliphatic rings. The number of aryl methyl sites for hydroxylation is 1. The third-order valence-electron chi connectivity index (χ3n) is 4.81. The fraction of sp³-hybridized carbons (Fsp3) is 0.0400. The highest BCUT2D eigenvalue weighted by Crippen LogP contribution is 2.27. The first kappa shape index (κ1) is 23.2. The summed E-state index contributed by atoms with van der Waals surface area (Å²) in [6, 6.07) is 18.9. The van der Waals surface area contributed by atoms with Gasteiger partial charge in [-0.25, -0.2) is 0 Å². The van der Waals surface area contributed by atoms with Crippen LogP contribution in [0.5, 0.6) is 11.6 Å². The minimum absolute atomic E-state index is 0.0408. The highest BCUT2D eigenvalue weighted by atomic mass is 79.9. The van der Waals surface area contributed by atoms with E-state index in [1.165, 1.54) is 10.5 Å². The molecule has 0 atom stereocenters. The Balaban J connectivity index is 1.81. The molecule has 4 aromatic rings. The second-order valence-corrected chi connectivity index (χ2v) is 8.53. The van der Waals surface area contributed by atoms with Crippen molar-refractivity contribution in [1.29, 1.82) is 5.26 Å². The molecule has 0 saturated carbocycles. The number of nitriles is 1. The van der Waals surface area contributed by atoms with Crippen molar-refractivity contribution in [3.8, 4) is 17.7 Å². The molecule has 0 aliphatic carbocycles. The van der Waals surface area contributed by atoms with Crippen LogP contribution in [0.3, 0.4) is 0 Å². The van der Waals surface area contributed by atoms with Crippen molar-refractivity contribution in [1.82, 2.24) is 9.38 Å². The summed E-state index contributed by atoms with van der Waals surface area (Å²) in [6.07, 6.45) is 2.73. The quantitative estimate of drug-likeness (QED) is 0.259. The Morgan fingerprint density at radius 2 is 2.03 bits per heavy atom. The molecule has 9 heteroatoms. The van der Waals surface area contributed by atoms with Gasteiger partial charge in [0.05, 0.1) is 0 Å². The smallest absolute Gasteiger partial charge is 0.269 e. The normalized spacial score (nSPS) is 11.2. The first-order chi connectivity index (χ1) is 16.4. The number of carbonyl (C=O) groups is 1. The minimum atomic E-state index is -0.675. The molecule has 0 fully saturated rings. The lowest BCUT2D eigenvalue weighted by Gasteiger charge is -2.11. The first-order valence-corrected chi connectivity index (χ1v) is 11.2. The van der Waals surface area contributed by atoms with Gasteiger partial charge in [-0.2, -0.15) is 10.2 Å². The van der Waals surface area contributed by atoms with E-state index < -0.39 is 11.5 Å². The predicted octanol–water partition coefficient (Wildman–Crippen LogP) is 5.76. The highest BCUT2D eigenvalue weighted by molar-refractivity contribution is 9.10. The fourth-order valence-corrected chi connectivity index (χ4v) is 3.65. The molecule has 34 heavy (non-hydrogen) atoms. The lowest BCUT2D eigenvalue weighted by molar-refractivity contribution is -0.112. The zero-order valence-electron chi connectivity index (χ0n) is 17.8. The number of rotatable bonds is 5. The number of carbonyl (C=O) groups excluding carboxylic acids is 1. The van der Waals surface area contributed by atoms with E-state index in [1.807, 2.05) is 13.0 Å². The van der Waals surface area contributed by atoms with E-state index in [4.69, 9.17) is 16.3 Å². The van der Waals surface area contributed by atoms with Crippen molar-refractivity contribution < 1.29 is 9.53 Å². The molecule has 0 unspecified atom stereocenters. The Morgan fingerprint density at radius 1 is 1.21 bits per heavy atom. The summed E-state index contributed by atoms with van der Waals surface area (Å²) in [5.41, 5.74) is 0.794. The number of hydrogen-bond acceptors (Lipinski definition) is 5. The van der Waals surface area contributed by atoms with E-state index in [0.717, 1.165) is 10.0 Å². The van der Waals surface area contributed by atoms with Crippen LogP contribution < -0.4 is 15.6 Å². The molecule has 7 nitrogen and oxygen atoms in total. The number of benzene rings is 2. The predicted molar refractivity (Wildman–Crippen MR) is 134 cm³/mol. The summed E-state index contributed by atoms with van der Waals surface area (Å²) >= 11 is 9.43. The number of anilines is 1. The molecular formula is C25H16BrClN4O3. The minimum Gasteiger partial charge on any atom is -0.438 e. The average Bonchev–Trinajstić information content (AvgIpc) is 2.81. The van der Waals surface area contributed by atoms with Crippen LogP contribution in [0, 0.1) is 18.3 Å². The maximum absolute atomic E-state index is 13.3. The van der Waals surface area contributed by atoms with Crippen molar-refractivity contribution in [2.24, 2.45) is 0 Å². The van der Waals surface area contributed by atoms with E-state index >= 15 is 0 Å². The molecule has 0 aliphatic heterocycles. The maximum Gasteiger partial charge on any atom is 0.269 e. The molecule has 0 saturated heterocycles. The van der Waals surface area contributed by atoms with E-state index in [1.54, 1.807) is 66.9 Å². The monoisotopic (exact) mass is 534 g/mol. The van der Waals surface area contributed by atoms with Crippen LogP contribution in [0.25, 0.3) is 11.7 Å². The lowest BCUT2D eigenvalue weighted by Crippen LogP contribution is -2.20. The molecule has 168 valence electrons. The average molecular weight is 536 g/mol. The van der Waals surface area contributed by atoms with Crippen LogP contribution >= 0.6 is 27.5 Å². The topological polar surface area (TPSA) is 96.5 Å². The molecule has 1 N–H and O–H groups in total. The molecule has 2 heterocycles. The largest absolute Gasteiger partial charge is 0.438 e. The van der Waals surface area contributed by atoms with Gasteiger partial charge in [0.15, 0.2) is 0 Å². The number of pyridine rings is 1. The number of fused-ring (bicyclic) bond motifs is 1. The number of nitrogens with zero attached hydrogens (tertiary/aromatic N) is 3. The number of aromatic nitrogens is 2. The van der Waals surface area contributed by atoms with E-state index in [9.17, 15) is 14.9 Å². The van der Waals surface area contributed by atoms with Crippen molar-refractivity contribution in [3.05, 3.63) is 103 Å². The van der Waals surface area contributed by atoms with Crippen LogP contribution in [-0.2, 0) is 4.79 Å². The molecule has 0 spiro atoms. The van der Waals surface area contributed by atoms with E-state index in [0.29, 0.717) is 22.1 Å².